The minimum atomic E-state index is -2.37. The van der Waals surface area contributed by atoms with Crippen LogP contribution in [-0.4, -0.2) is 0 Å². The van der Waals surface area contributed by atoms with E-state index in [0.29, 0.717) is 0 Å². The fourth-order valence-corrected chi connectivity index (χ4v) is 1.58. The molecule has 0 saturated heterocycles. The van der Waals surface area contributed by atoms with Crippen molar-refractivity contribution < 1.29 is 6.14 Å². The van der Waals surface area contributed by atoms with E-state index in [-0.39, 0.29) is 0 Å². The Morgan fingerprint density at radius 3 is 2.57 bits per heavy atom. The van der Waals surface area contributed by atoms with Gasteiger partial charge in [0.1, 0.15) is 0 Å². The minimum absolute atomic E-state index is 1.46. The Kier molecular flexibility index (Phi) is 1.56. The van der Waals surface area contributed by atoms with Crippen LogP contribution in [0.1, 0.15) is 0 Å². The molecule has 0 aromatic carbocycles. The van der Waals surface area contributed by atoms with E-state index in [0.717, 1.165) is 0 Å². The van der Waals surface area contributed by atoms with Crippen LogP contribution >= 0.6 is 20.2 Å². The standard InChI is InChI=1S/C4H5IO2/c6-5-3-1-2-4-7-5/h1-5H. The third kappa shape index (κ3) is 1.38. The van der Waals surface area contributed by atoms with Gasteiger partial charge in [0.05, 0.1) is 0 Å². The van der Waals surface area contributed by atoms with Gasteiger partial charge in [0.2, 0.25) is 0 Å². The first kappa shape index (κ1) is 4.96. The molecule has 2 nitrogen and oxygen atoms in total. The molecule has 0 aromatic heterocycles. The zero-order valence-corrected chi connectivity index (χ0v) is 5.86. The van der Waals surface area contributed by atoms with Gasteiger partial charge in [0.15, 0.2) is 0 Å². The second-order valence-corrected chi connectivity index (χ2v) is 3.83. The Morgan fingerprint density at radius 2 is 2.29 bits per heavy atom. The van der Waals surface area contributed by atoms with Crippen molar-refractivity contribution >= 4 is 20.2 Å². The molecule has 1 atom stereocenters. The van der Waals surface area contributed by atoms with E-state index < -0.39 is 20.2 Å². The summed E-state index contributed by atoms with van der Waals surface area (Å²) in [4.78, 5) is 0. The number of rotatable bonds is 0. The predicted molar refractivity (Wildman–Crippen MR) is 35.5 cm³/mol. The summed E-state index contributed by atoms with van der Waals surface area (Å²) in [6, 6.07) is 0. The van der Waals surface area contributed by atoms with Crippen LogP contribution in [0.3, 0.4) is 0 Å². The SMILES string of the molecule is O=[IH]1C=CC=CO1. The second-order valence-electron chi connectivity index (χ2n) is 1.01. The Labute approximate surface area is 49.2 Å². The number of allylic oxidation sites excluding steroid dienone is 2. The number of hydrogen-bond acceptors (Lipinski definition) is 2. The van der Waals surface area contributed by atoms with Gasteiger partial charge in [-0.3, -0.25) is 0 Å². The van der Waals surface area contributed by atoms with E-state index in [9.17, 15) is 3.07 Å². The normalized spacial score (nSPS) is 32.3. The molecule has 0 saturated carbocycles. The molecule has 3 heteroatoms. The van der Waals surface area contributed by atoms with Crippen LogP contribution in [0.4, 0.5) is 0 Å². The van der Waals surface area contributed by atoms with Gasteiger partial charge in [-0.25, -0.2) is 0 Å². The molecular formula is C4H5IO2. The topological polar surface area (TPSA) is 26.3 Å². The first-order chi connectivity index (χ1) is 3.39. The molecule has 40 valence electrons. The maximum absolute atomic E-state index is 10.4. The molecule has 1 aliphatic rings. The molecule has 0 fully saturated rings. The molecule has 1 unspecified atom stereocenters. The fourth-order valence-electron chi connectivity index (χ4n) is 0.274. The van der Waals surface area contributed by atoms with Crippen molar-refractivity contribution in [3.63, 3.8) is 0 Å². The maximum atomic E-state index is 10.4. The average Bonchev–Trinajstić information content (AvgIpc) is 1.69. The fraction of sp³-hybridized carbons (Fsp3) is 0. The molecular weight excluding hydrogens is 207 g/mol. The van der Waals surface area contributed by atoms with Gasteiger partial charge in [-0.05, 0) is 0 Å². The molecule has 0 radical (unpaired) electrons. The van der Waals surface area contributed by atoms with Gasteiger partial charge < -0.3 is 0 Å². The van der Waals surface area contributed by atoms with Gasteiger partial charge in [-0.15, -0.1) is 0 Å². The molecule has 0 aromatic rings. The van der Waals surface area contributed by atoms with Crippen LogP contribution < -0.4 is 0 Å². The van der Waals surface area contributed by atoms with Crippen molar-refractivity contribution in [2.45, 2.75) is 0 Å². The van der Waals surface area contributed by atoms with Gasteiger partial charge in [-0.2, -0.15) is 0 Å². The molecule has 1 rings (SSSR count). The Bertz CT molecular complexity index is 137. The van der Waals surface area contributed by atoms with Crippen LogP contribution in [0.5, 0.6) is 0 Å². The van der Waals surface area contributed by atoms with Crippen LogP contribution in [-0.2, 0) is 6.14 Å². The summed E-state index contributed by atoms with van der Waals surface area (Å²) in [6.45, 7) is 0. The third-order valence-electron chi connectivity index (χ3n) is 0.530. The van der Waals surface area contributed by atoms with Gasteiger partial charge in [-0.1, -0.05) is 0 Å². The van der Waals surface area contributed by atoms with Gasteiger partial charge in [0, 0.05) is 0 Å². The summed E-state index contributed by atoms with van der Waals surface area (Å²) in [5.74, 6) is 0. The van der Waals surface area contributed by atoms with Crippen LogP contribution in [0.2, 0.25) is 0 Å². The van der Waals surface area contributed by atoms with Crippen molar-refractivity contribution in [2.24, 2.45) is 0 Å². The molecule has 0 bridgehead atoms. The van der Waals surface area contributed by atoms with Crippen LogP contribution in [0.15, 0.2) is 22.5 Å². The van der Waals surface area contributed by atoms with Crippen LogP contribution in [0, 0.1) is 0 Å². The number of hydrogen-bond donors (Lipinski definition) is 0. The van der Waals surface area contributed by atoms with Crippen molar-refractivity contribution in [2.75, 3.05) is 0 Å². The quantitative estimate of drug-likeness (QED) is 0.569. The Morgan fingerprint density at radius 1 is 1.43 bits per heavy atom. The summed E-state index contributed by atoms with van der Waals surface area (Å²) in [7, 11) is 0. The zero-order chi connectivity index (χ0) is 5.11. The van der Waals surface area contributed by atoms with Crippen molar-refractivity contribution in [1.29, 1.82) is 0 Å². The molecule has 0 spiro atoms. The van der Waals surface area contributed by atoms with Crippen molar-refractivity contribution in [3.05, 3.63) is 22.5 Å². The third-order valence-corrected chi connectivity index (χ3v) is 2.47. The molecule has 0 amide bonds. The molecule has 1 heterocycles. The number of halogens is 1. The summed E-state index contributed by atoms with van der Waals surface area (Å²) in [5, 5.41) is 0. The van der Waals surface area contributed by atoms with Gasteiger partial charge in [0.25, 0.3) is 0 Å². The van der Waals surface area contributed by atoms with E-state index in [1.54, 1.807) is 16.2 Å². The van der Waals surface area contributed by atoms with Gasteiger partial charge >= 0.3 is 48.9 Å². The van der Waals surface area contributed by atoms with E-state index in [1.165, 1.54) is 6.26 Å². The van der Waals surface area contributed by atoms with Crippen LogP contribution in [0.25, 0.3) is 0 Å². The molecule has 7 heavy (non-hydrogen) atoms. The van der Waals surface area contributed by atoms with E-state index in [2.05, 4.69) is 3.07 Å². The Balaban J connectivity index is 2.66. The summed E-state index contributed by atoms with van der Waals surface area (Å²) >= 11 is -2.37. The summed E-state index contributed by atoms with van der Waals surface area (Å²) < 4.78 is 16.6. The van der Waals surface area contributed by atoms with Crippen molar-refractivity contribution in [1.82, 2.24) is 0 Å². The Hall–Kier alpha value is -0.190. The summed E-state index contributed by atoms with van der Waals surface area (Å²) in [5.41, 5.74) is 0. The molecule has 0 aliphatic carbocycles. The average molecular weight is 212 g/mol. The predicted octanol–water partition coefficient (Wildman–Crippen LogP) is 1.54. The molecule has 0 N–H and O–H groups in total. The first-order valence-corrected chi connectivity index (χ1v) is 5.05. The monoisotopic (exact) mass is 212 g/mol. The van der Waals surface area contributed by atoms with Crippen molar-refractivity contribution in [3.8, 4) is 0 Å². The first-order valence-electron chi connectivity index (χ1n) is 1.80. The van der Waals surface area contributed by atoms with E-state index in [4.69, 9.17) is 0 Å². The van der Waals surface area contributed by atoms with E-state index >= 15 is 0 Å². The second kappa shape index (κ2) is 2.20. The summed E-state index contributed by atoms with van der Waals surface area (Å²) in [6.07, 6.45) is 4.92. The molecule has 1 aliphatic heterocycles. The van der Waals surface area contributed by atoms with E-state index in [1.807, 2.05) is 0 Å². The zero-order valence-electron chi connectivity index (χ0n) is 3.53.